The summed E-state index contributed by atoms with van der Waals surface area (Å²) in [5.41, 5.74) is 5.56. The average molecular weight is 304 g/mol. The Labute approximate surface area is 132 Å². The fraction of sp³-hybridized carbons (Fsp3) is 1.00. The monoisotopic (exact) mass is 303 g/mol. The fourth-order valence-electron chi connectivity index (χ4n) is 2.71. The van der Waals surface area contributed by atoms with Crippen LogP contribution >= 0.6 is 0 Å². The Hall–Kier alpha value is -0.120. The molecule has 0 aliphatic carbocycles. The number of hydrogen-bond donors (Lipinski definition) is 3. The van der Waals surface area contributed by atoms with Gasteiger partial charge in [0.1, 0.15) is 0 Å². The molecule has 0 aliphatic rings. The predicted octanol–water partition coefficient (Wildman–Crippen LogP) is 4.15. The van der Waals surface area contributed by atoms with Crippen molar-refractivity contribution in [2.75, 3.05) is 6.61 Å². The van der Waals surface area contributed by atoms with Gasteiger partial charge in [-0.3, -0.25) is 0 Å². The van der Waals surface area contributed by atoms with Crippen LogP contribution in [0.1, 0.15) is 96.8 Å². The van der Waals surface area contributed by atoms with Crippen molar-refractivity contribution < 1.29 is 10.2 Å². The van der Waals surface area contributed by atoms with E-state index < -0.39 is 12.1 Å². The maximum absolute atomic E-state index is 9.61. The van der Waals surface area contributed by atoms with Gasteiger partial charge in [0, 0.05) is 0 Å². The Bertz CT molecular complexity index is 200. The van der Waals surface area contributed by atoms with Gasteiger partial charge < -0.3 is 15.9 Å². The topological polar surface area (TPSA) is 66.5 Å². The second-order valence-corrected chi connectivity index (χ2v) is 6.45. The van der Waals surface area contributed by atoms with Crippen LogP contribution in [0.25, 0.3) is 0 Å². The minimum Gasteiger partial charge on any atom is -0.395 e. The number of aliphatic hydroxyl groups is 2. The third-order valence-electron chi connectivity index (χ3n) is 4.31. The van der Waals surface area contributed by atoms with Gasteiger partial charge in [0.25, 0.3) is 0 Å². The number of rotatable bonds is 16. The SMILES string of the molecule is CCCCCCCCCCCCCCC[C@@H](O)[C@@H](N)[14CH2]O. The zero-order chi connectivity index (χ0) is 15.8. The third-order valence-corrected chi connectivity index (χ3v) is 4.31. The highest BCUT2D eigenvalue weighted by Gasteiger charge is 2.12. The van der Waals surface area contributed by atoms with Crippen LogP contribution in [0.4, 0.5) is 0 Å². The van der Waals surface area contributed by atoms with Gasteiger partial charge in [-0.1, -0.05) is 90.4 Å². The molecule has 0 aromatic rings. The average Bonchev–Trinajstić information content (AvgIpc) is 2.50. The van der Waals surface area contributed by atoms with E-state index in [4.69, 9.17) is 10.8 Å². The minimum absolute atomic E-state index is 0.125. The minimum atomic E-state index is -0.539. The van der Waals surface area contributed by atoms with Gasteiger partial charge in [0.05, 0.1) is 18.8 Å². The van der Waals surface area contributed by atoms with Gasteiger partial charge >= 0.3 is 0 Å². The van der Waals surface area contributed by atoms with Crippen LogP contribution in [0.15, 0.2) is 0 Å². The number of hydrogen-bond acceptors (Lipinski definition) is 3. The van der Waals surface area contributed by atoms with Crippen molar-refractivity contribution in [1.29, 1.82) is 0 Å². The molecule has 0 radical (unpaired) electrons. The van der Waals surface area contributed by atoms with Crippen LogP contribution in [-0.4, -0.2) is 29.0 Å². The lowest BCUT2D eigenvalue weighted by Crippen LogP contribution is -2.37. The van der Waals surface area contributed by atoms with Crippen LogP contribution in [0.3, 0.4) is 0 Å². The summed E-state index contributed by atoms with van der Waals surface area (Å²) in [6, 6.07) is -0.470. The molecule has 0 fully saturated rings. The molecule has 0 aromatic carbocycles. The first-order chi connectivity index (χ1) is 10.2. The molecule has 4 N–H and O–H groups in total. The molecule has 2 atom stereocenters. The first kappa shape index (κ1) is 20.9. The molecule has 0 spiro atoms. The molecule has 0 amide bonds. The van der Waals surface area contributed by atoms with Gasteiger partial charge in [0.2, 0.25) is 0 Å². The van der Waals surface area contributed by atoms with Crippen LogP contribution in [0.2, 0.25) is 0 Å². The van der Waals surface area contributed by atoms with E-state index in [1.807, 2.05) is 0 Å². The third kappa shape index (κ3) is 14.6. The van der Waals surface area contributed by atoms with Crippen molar-refractivity contribution >= 4 is 0 Å². The summed E-state index contributed by atoms with van der Waals surface area (Å²) < 4.78 is 0. The largest absolute Gasteiger partial charge is 0.395 e. The molecular formula is C18H39NO2. The quantitative estimate of drug-likeness (QED) is 0.375. The molecule has 0 aliphatic heterocycles. The second-order valence-electron chi connectivity index (χ2n) is 6.45. The number of aliphatic hydroxyl groups excluding tert-OH is 2. The summed E-state index contributed by atoms with van der Waals surface area (Å²) in [5, 5.41) is 18.4. The molecule has 0 rings (SSSR count). The van der Waals surface area contributed by atoms with Gasteiger partial charge in [-0.15, -0.1) is 0 Å². The zero-order valence-electron chi connectivity index (χ0n) is 14.2. The van der Waals surface area contributed by atoms with E-state index in [2.05, 4.69) is 6.92 Å². The van der Waals surface area contributed by atoms with Crippen molar-refractivity contribution in [2.24, 2.45) is 5.73 Å². The van der Waals surface area contributed by atoms with Crippen LogP contribution in [0.5, 0.6) is 0 Å². The van der Waals surface area contributed by atoms with Crippen molar-refractivity contribution in [3.05, 3.63) is 0 Å². The molecule has 0 heterocycles. The Morgan fingerprint density at radius 2 is 1.14 bits per heavy atom. The first-order valence-electron chi connectivity index (χ1n) is 9.26. The molecular weight excluding hydrogens is 264 g/mol. The van der Waals surface area contributed by atoms with Crippen molar-refractivity contribution in [3.8, 4) is 0 Å². The normalized spacial score (nSPS) is 14.3. The first-order valence-corrected chi connectivity index (χ1v) is 9.26. The summed E-state index contributed by atoms with van der Waals surface area (Å²) in [7, 11) is 0. The number of unbranched alkanes of at least 4 members (excludes halogenated alkanes) is 12. The van der Waals surface area contributed by atoms with E-state index in [1.54, 1.807) is 0 Å². The Balaban J connectivity index is 3.09. The van der Waals surface area contributed by atoms with E-state index in [-0.39, 0.29) is 6.61 Å². The lowest BCUT2D eigenvalue weighted by Gasteiger charge is -2.15. The Morgan fingerprint density at radius 1 is 0.762 bits per heavy atom. The Kier molecular flexibility index (Phi) is 16.2. The maximum atomic E-state index is 9.61. The molecule has 0 saturated heterocycles. The Morgan fingerprint density at radius 3 is 1.52 bits per heavy atom. The molecule has 3 heteroatoms. The summed E-state index contributed by atoms with van der Waals surface area (Å²) in [5.74, 6) is 0. The summed E-state index contributed by atoms with van der Waals surface area (Å²) in [4.78, 5) is 0. The molecule has 3 nitrogen and oxygen atoms in total. The van der Waals surface area contributed by atoms with Crippen LogP contribution in [-0.2, 0) is 0 Å². The summed E-state index contributed by atoms with van der Waals surface area (Å²) >= 11 is 0. The summed E-state index contributed by atoms with van der Waals surface area (Å²) in [6.45, 7) is 2.14. The van der Waals surface area contributed by atoms with Gasteiger partial charge in [-0.25, -0.2) is 0 Å². The maximum Gasteiger partial charge on any atom is 0.0713 e. The standard InChI is InChI=1S/C18H39NO2/c1-2-3-4-5-6-7-8-9-10-11-12-13-14-15-18(21)17(19)16-20/h17-18,20-21H,2-16,19H2,1H3/t17-,18+/m0/s1/i16+2. The molecule has 128 valence electrons. The van der Waals surface area contributed by atoms with Crippen molar-refractivity contribution in [1.82, 2.24) is 0 Å². The highest BCUT2D eigenvalue weighted by Crippen LogP contribution is 2.13. The van der Waals surface area contributed by atoms with E-state index in [0.29, 0.717) is 0 Å². The molecule has 0 unspecified atom stereocenters. The van der Waals surface area contributed by atoms with E-state index in [9.17, 15) is 5.11 Å². The van der Waals surface area contributed by atoms with Crippen LogP contribution < -0.4 is 5.73 Å². The van der Waals surface area contributed by atoms with Gasteiger partial charge in [-0.2, -0.15) is 0 Å². The van der Waals surface area contributed by atoms with E-state index >= 15 is 0 Å². The fourth-order valence-corrected chi connectivity index (χ4v) is 2.71. The molecule has 21 heavy (non-hydrogen) atoms. The lowest BCUT2D eigenvalue weighted by molar-refractivity contribution is 0.0990. The predicted molar refractivity (Wildman–Crippen MR) is 91.4 cm³/mol. The van der Waals surface area contributed by atoms with Crippen molar-refractivity contribution in [3.63, 3.8) is 0 Å². The molecule has 0 bridgehead atoms. The lowest BCUT2D eigenvalue weighted by atomic mass is 10.0. The second kappa shape index (κ2) is 16.3. The molecule has 0 saturated carbocycles. The van der Waals surface area contributed by atoms with Gasteiger partial charge in [0.15, 0.2) is 0 Å². The highest BCUT2D eigenvalue weighted by molar-refractivity contribution is 4.70. The smallest absolute Gasteiger partial charge is 0.0713 e. The van der Waals surface area contributed by atoms with Crippen molar-refractivity contribution in [2.45, 2.75) is 109 Å². The van der Waals surface area contributed by atoms with E-state index in [0.717, 1.165) is 12.8 Å². The van der Waals surface area contributed by atoms with Gasteiger partial charge in [-0.05, 0) is 6.42 Å². The zero-order valence-corrected chi connectivity index (χ0v) is 14.2. The van der Waals surface area contributed by atoms with E-state index in [1.165, 1.54) is 77.0 Å². The molecule has 0 aromatic heterocycles. The highest BCUT2D eigenvalue weighted by atomic mass is 16.5. The number of nitrogens with two attached hydrogens (primary N) is 1. The van der Waals surface area contributed by atoms with Crippen LogP contribution in [0, 0.1) is 0 Å². The summed E-state index contributed by atoms with van der Waals surface area (Å²) in [6.07, 6.45) is 17.5.